The molecule has 0 aliphatic rings. The van der Waals surface area contributed by atoms with Gasteiger partial charge in [-0.2, -0.15) is 11.8 Å². The first-order chi connectivity index (χ1) is 21.9. The first-order valence-electron chi connectivity index (χ1n) is 16.0. The van der Waals surface area contributed by atoms with Gasteiger partial charge in [0.15, 0.2) is 0 Å². The molecular formula is C36H53N3O7S. The molecule has 0 saturated heterocycles. The highest BCUT2D eigenvalue weighted by atomic mass is 32.2. The molecule has 4 atom stereocenters. The van der Waals surface area contributed by atoms with Gasteiger partial charge >= 0.3 is 12.1 Å². The van der Waals surface area contributed by atoms with E-state index in [4.69, 9.17) is 9.47 Å². The van der Waals surface area contributed by atoms with Crippen LogP contribution >= 0.6 is 11.8 Å². The number of hydrogen-bond donors (Lipinski definition) is 3. The molecular weight excluding hydrogens is 618 g/mol. The quantitative estimate of drug-likeness (QED) is 0.206. The average Bonchev–Trinajstić information content (AvgIpc) is 2.97. The molecule has 0 spiro atoms. The van der Waals surface area contributed by atoms with E-state index in [-0.39, 0.29) is 12.2 Å². The number of phenols is 1. The Morgan fingerprint density at radius 2 is 1.53 bits per heavy atom. The zero-order valence-corrected chi connectivity index (χ0v) is 30.3. The maximum absolute atomic E-state index is 14.5. The summed E-state index contributed by atoms with van der Waals surface area (Å²) in [6.45, 7) is 15.9. The van der Waals surface area contributed by atoms with Crippen molar-refractivity contribution in [1.82, 2.24) is 15.5 Å². The van der Waals surface area contributed by atoms with Gasteiger partial charge in [-0.3, -0.25) is 9.59 Å². The number of aryl methyl sites for hydroxylation is 1. The molecule has 260 valence electrons. The van der Waals surface area contributed by atoms with Crippen molar-refractivity contribution in [2.75, 3.05) is 12.0 Å². The van der Waals surface area contributed by atoms with E-state index in [1.165, 1.54) is 22.7 Å². The summed E-state index contributed by atoms with van der Waals surface area (Å²) in [4.78, 5) is 56.9. The average molecular weight is 672 g/mol. The summed E-state index contributed by atoms with van der Waals surface area (Å²) >= 11 is 1.52. The van der Waals surface area contributed by atoms with E-state index in [0.717, 1.165) is 5.56 Å². The van der Waals surface area contributed by atoms with Crippen molar-refractivity contribution in [1.29, 1.82) is 0 Å². The van der Waals surface area contributed by atoms with Gasteiger partial charge in [0.25, 0.3) is 0 Å². The van der Waals surface area contributed by atoms with Crippen LogP contribution in [0.5, 0.6) is 5.75 Å². The van der Waals surface area contributed by atoms with Crippen LogP contribution in [0, 0.1) is 6.92 Å². The van der Waals surface area contributed by atoms with E-state index in [1.807, 2.05) is 50.4 Å². The highest BCUT2D eigenvalue weighted by molar-refractivity contribution is 7.98. The SMILES string of the molecule is CCC(C)N(C(=O)C(CCSC)NC(=O)OC(C)(C)C)C(C(=O)NC(Cc1ccccc1)C(=O)OC(C)(C)C)c1ccc(O)c(C)c1. The Morgan fingerprint density at radius 3 is 2.06 bits per heavy atom. The number of nitrogens with zero attached hydrogens (tertiary/aromatic N) is 1. The van der Waals surface area contributed by atoms with Crippen LogP contribution < -0.4 is 10.6 Å². The molecule has 0 heterocycles. The monoisotopic (exact) mass is 671 g/mol. The Hall–Kier alpha value is -3.73. The number of ether oxygens (including phenoxy) is 2. The minimum atomic E-state index is -1.21. The lowest BCUT2D eigenvalue weighted by atomic mass is 9.97. The van der Waals surface area contributed by atoms with Crippen LogP contribution in [0.2, 0.25) is 0 Å². The lowest BCUT2D eigenvalue weighted by Gasteiger charge is -2.39. The van der Waals surface area contributed by atoms with E-state index in [9.17, 15) is 24.3 Å². The molecule has 2 aromatic carbocycles. The van der Waals surface area contributed by atoms with Gasteiger partial charge in [-0.15, -0.1) is 0 Å². The number of amides is 3. The van der Waals surface area contributed by atoms with Gasteiger partial charge in [0.2, 0.25) is 11.8 Å². The van der Waals surface area contributed by atoms with Gasteiger partial charge in [-0.1, -0.05) is 43.3 Å². The number of aromatic hydroxyl groups is 1. The summed E-state index contributed by atoms with van der Waals surface area (Å²) in [6.07, 6.45) is 2.12. The summed E-state index contributed by atoms with van der Waals surface area (Å²) < 4.78 is 11.2. The smallest absolute Gasteiger partial charge is 0.408 e. The van der Waals surface area contributed by atoms with Crippen LogP contribution in [-0.2, 0) is 30.3 Å². The van der Waals surface area contributed by atoms with Crippen molar-refractivity contribution in [3.63, 3.8) is 0 Å². The molecule has 4 unspecified atom stereocenters. The molecule has 0 fully saturated rings. The van der Waals surface area contributed by atoms with E-state index < -0.39 is 59.2 Å². The number of benzene rings is 2. The number of alkyl carbamates (subject to hydrolysis) is 1. The first kappa shape index (κ1) is 39.4. The summed E-state index contributed by atoms with van der Waals surface area (Å²) in [5, 5.41) is 16.0. The number of phenolic OH excluding ortho intramolecular Hbond substituents is 1. The largest absolute Gasteiger partial charge is 0.508 e. The van der Waals surface area contributed by atoms with Crippen LogP contribution in [0.3, 0.4) is 0 Å². The van der Waals surface area contributed by atoms with E-state index in [1.54, 1.807) is 60.6 Å². The minimum Gasteiger partial charge on any atom is -0.508 e. The Labute approximate surface area is 284 Å². The second-order valence-corrected chi connectivity index (χ2v) is 14.7. The number of nitrogens with one attached hydrogen (secondary N) is 2. The normalized spacial score (nSPS) is 14.3. The van der Waals surface area contributed by atoms with Gasteiger partial charge in [-0.25, -0.2) is 9.59 Å². The Bertz CT molecular complexity index is 1350. The lowest BCUT2D eigenvalue weighted by Crippen LogP contribution is -2.57. The Balaban J connectivity index is 2.66. The standard InChI is InChI=1S/C36H53N3O7S/c1-11-24(3)39(32(42)27(19-20-47-10)38-34(44)46-36(7,8)9)30(26-17-18-29(40)23(2)21-26)31(41)37-28(33(43)45-35(4,5)6)22-25-15-13-12-14-16-25/h12-18,21,24,27-28,30,40H,11,19-20,22H2,1-10H3,(H,37,41)(H,38,44). The van der Waals surface area contributed by atoms with Gasteiger partial charge in [0.05, 0.1) is 0 Å². The zero-order chi connectivity index (χ0) is 35.5. The van der Waals surface area contributed by atoms with Crippen molar-refractivity contribution in [2.45, 2.75) is 117 Å². The predicted molar refractivity (Wildman–Crippen MR) is 186 cm³/mol. The molecule has 0 aromatic heterocycles. The molecule has 0 aliphatic heterocycles. The highest BCUT2D eigenvalue weighted by Gasteiger charge is 2.40. The van der Waals surface area contributed by atoms with Crippen molar-refractivity contribution in [2.24, 2.45) is 0 Å². The molecule has 3 amide bonds. The highest BCUT2D eigenvalue weighted by Crippen LogP contribution is 2.30. The fourth-order valence-corrected chi connectivity index (χ4v) is 5.34. The fraction of sp³-hybridized carbons (Fsp3) is 0.556. The number of esters is 1. The number of carbonyl (C=O) groups is 4. The number of carbonyl (C=O) groups excluding carboxylic acids is 4. The predicted octanol–water partition coefficient (Wildman–Crippen LogP) is 6.08. The molecule has 11 heteroatoms. The van der Waals surface area contributed by atoms with Crippen molar-refractivity contribution >= 4 is 35.6 Å². The minimum absolute atomic E-state index is 0.0365. The van der Waals surface area contributed by atoms with Crippen LogP contribution in [0.1, 0.15) is 91.0 Å². The summed E-state index contributed by atoms with van der Waals surface area (Å²) in [6, 6.07) is 10.3. The van der Waals surface area contributed by atoms with Gasteiger partial charge < -0.3 is 30.1 Å². The number of rotatable bonds is 14. The van der Waals surface area contributed by atoms with Crippen LogP contribution in [0.4, 0.5) is 4.79 Å². The van der Waals surface area contributed by atoms with Crippen molar-refractivity contribution < 1.29 is 33.8 Å². The molecule has 10 nitrogen and oxygen atoms in total. The molecule has 3 N–H and O–H groups in total. The Morgan fingerprint density at radius 1 is 0.915 bits per heavy atom. The molecule has 0 bridgehead atoms. The molecule has 0 saturated carbocycles. The summed E-state index contributed by atoms with van der Waals surface area (Å²) in [7, 11) is 0. The summed E-state index contributed by atoms with van der Waals surface area (Å²) in [5.74, 6) is -1.08. The van der Waals surface area contributed by atoms with E-state index in [2.05, 4.69) is 10.6 Å². The van der Waals surface area contributed by atoms with Crippen LogP contribution in [0.15, 0.2) is 48.5 Å². The topological polar surface area (TPSA) is 134 Å². The van der Waals surface area contributed by atoms with E-state index in [0.29, 0.717) is 29.7 Å². The third-order valence-electron chi connectivity index (χ3n) is 7.27. The van der Waals surface area contributed by atoms with Gasteiger partial charge in [0, 0.05) is 12.5 Å². The molecule has 0 radical (unpaired) electrons. The third-order valence-corrected chi connectivity index (χ3v) is 7.92. The lowest BCUT2D eigenvalue weighted by molar-refractivity contribution is -0.159. The first-order valence-corrected chi connectivity index (χ1v) is 17.4. The second-order valence-electron chi connectivity index (χ2n) is 13.7. The summed E-state index contributed by atoms with van der Waals surface area (Å²) in [5.41, 5.74) is 0.176. The van der Waals surface area contributed by atoms with Crippen LogP contribution in [-0.4, -0.2) is 75.2 Å². The molecule has 2 aromatic rings. The number of thioether (sulfide) groups is 1. The molecule has 0 aliphatic carbocycles. The van der Waals surface area contributed by atoms with Crippen LogP contribution in [0.25, 0.3) is 0 Å². The number of hydrogen-bond acceptors (Lipinski definition) is 8. The van der Waals surface area contributed by atoms with Crippen molar-refractivity contribution in [3.8, 4) is 5.75 Å². The maximum Gasteiger partial charge on any atom is 0.408 e. The van der Waals surface area contributed by atoms with E-state index >= 15 is 0 Å². The zero-order valence-electron chi connectivity index (χ0n) is 29.5. The fourth-order valence-electron chi connectivity index (χ4n) is 4.87. The van der Waals surface area contributed by atoms with Gasteiger partial charge in [-0.05, 0) is 109 Å². The van der Waals surface area contributed by atoms with Crippen molar-refractivity contribution in [3.05, 3.63) is 65.2 Å². The molecule has 47 heavy (non-hydrogen) atoms. The Kier molecular flexibility index (Phi) is 14.6. The molecule has 2 rings (SSSR count). The second kappa shape index (κ2) is 17.4. The van der Waals surface area contributed by atoms with Gasteiger partial charge in [0.1, 0.15) is 35.1 Å². The third kappa shape index (κ3) is 12.8. The maximum atomic E-state index is 14.5.